The predicted molar refractivity (Wildman–Crippen MR) is 74.7 cm³/mol. The molecule has 0 spiro atoms. The van der Waals surface area contributed by atoms with E-state index in [1.807, 2.05) is 0 Å². The molecule has 2 rings (SSSR count). The first-order valence-corrected chi connectivity index (χ1v) is 6.90. The van der Waals surface area contributed by atoms with Crippen LogP contribution in [0.5, 0.6) is 5.75 Å². The minimum Gasteiger partial charge on any atom is -0.508 e. The smallest absolute Gasteiger partial charge is 0.237 e. The van der Waals surface area contributed by atoms with E-state index in [2.05, 4.69) is 12.2 Å². The van der Waals surface area contributed by atoms with Gasteiger partial charge < -0.3 is 16.2 Å². The van der Waals surface area contributed by atoms with Crippen LogP contribution in [0.15, 0.2) is 24.3 Å². The van der Waals surface area contributed by atoms with Crippen molar-refractivity contribution in [1.29, 1.82) is 0 Å². The van der Waals surface area contributed by atoms with Gasteiger partial charge in [-0.3, -0.25) is 4.79 Å². The number of phenols is 1. The summed E-state index contributed by atoms with van der Waals surface area (Å²) in [5, 5.41) is 12.3. The average molecular weight is 262 g/mol. The normalized spacial score (nSPS) is 24.1. The van der Waals surface area contributed by atoms with Crippen LogP contribution in [-0.2, 0) is 11.2 Å². The van der Waals surface area contributed by atoms with Crippen LogP contribution in [0.1, 0.15) is 31.7 Å². The summed E-state index contributed by atoms with van der Waals surface area (Å²) in [6, 6.07) is 6.55. The first kappa shape index (κ1) is 13.9. The average Bonchev–Trinajstić information content (AvgIpc) is 2.78. The summed E-state index contributed by atoms with van der Waals surface area (Å²) in [6.07, 6.45) is 3.91. The third kappa shape index (κ3) is 3.70. The molecule has 1 aromatic carbocycles. The third-order valence-electron chi connectivity index (χ3n) is 3.92. The van der Waals surface area contributed by atoms with Crippen molar-refractivity contribution in [3.05, 3.63) is 29.8 Å². The van der Waals surface area contributed by atoms with Gasteiger partial charge in [0, 0.05) is 6.04 Å². The zero-order valence-corrected chi connectivity index (χ0v) is 11.3. The Hall–Kier alpha value is -1.55. The van der Waals surface area contributed by atoms with Crippen molar-refractivity contribution in [2.75, 3.05) is 0 Å². The Morgan fingerprint density at radius 3 is 2.68 bits per heavy atom. The van der Waals surface area contributed by atoms with E-state index in [4.69, 9.17) is 5.73 Å². The van der Waals surface area contributed by atoms with Gasteiger partial charge in [-0.2, -0.15) is 0 Å². The first-order chi connectivity index (χ1) is 9.06. The van der Waals surface area contributed by atoms with E-state index in [0.717, 1.165) is 12.0 Å². The summed E-state index contributed by atoms with van der Waals surface area (Å²) in [6.45, 7) is 2.17. The van der Waals surface area contributed by atoms with Gasteiger partial charge in [0.05, 0.1) is 6.04 Å². The highest BCUT2D eigenvalue weighted by molar-refractivity contribution is 5.82. The molecule has 1 saturated carbocycles. The number of carbonyl (C=O) groups excluding carboxylic acids is 1. The lowest BCUT2D eigenvalue weighted by Gasteiger charge is -2.20. The van der Waals surface area contributed by atoms with Gasteiger partial charge in [-0.1, -0.05) is 25.5 Å². The molecule has 0 aromatic heterocycles. The molecule has 0 heterocycles. The number of hydrogen-bond acceptors (Lipinski definition) is 3. The molecule has 4 N–H and O–H groups in total. The maximum atomic E-state index is 12.0. The zero-order valence-electron chi connectivity index (χ0n) is 11.3. The quantitative estimate of drug-likeness (QED) is 0.771. The summed E-state index contributed by atoms with van der Waals surface area (Å²) in [5.41, 5.74) is 6.89. The van der Waals surface area contributed by atoms with Crippen LogP contribution in [-0.4, -0.2) is 23.1 Å². The number of rotatable bonds is 4. The van der Waals surface area contributed by atoms with Crippen LogP contribution >= 0.6 is 0 Å². The van der Waals surface area contributed by atoms with Crippen molar-refractivity contribution in [3.63, 3.8) is 0 Å². The Morgan fingerprint density at radius 2 is 2.11 bits per heavy atom. The van der Waals surface area contributed by atoms with Crippen LogP contribution in [0.4, 0.5) is 0 Å². The molecule has 0 saturated heterocycles. The molecule has 1 aromatic rings. The molecule has 3 atom stereocenters. The summed E-state index contributed by atoms with van der Waals surface area (Å²) in [7, 11) is 0. The highest BCUT2D eigenvalue weighted by Crippen LogP contribution is 2.24. The maximum absolute atomic E-state index is 12.0. The topological polar surface area (TPSA) is 75.4 Å². The number of nitrogens with two attached hydrogens (primary N) is 1. The Bertz CT molecular complexity index is 430. The minimum absolute atomic E-state index is 0.0770. The molecule has 0 bridgehead atoms. The van der Waals surface area contributed by atoms with E-state index in [0.29, 0.717) is 12.3 Å². The molecule has 1 aliphatic carbocycles. The molecule has 19 heavy (non-hydrogen) atoms. The van der Waals surface area contributed by atoms with Crippen molar-refractivity contribution in [2.24, 2.45) is 11.7 Å². The summed E-state index contributed by atoms with van der Waals surface area (Å²) >= 11 is 0. The lowest BCUT2D eigenvalue weighted by atomic mass is 10.0. The largest absolute Gasteiger partial charge is 0.508 e. The molecule has 4 heteroatoms. The lowest BCUT2D eigenvalue weighted by molar-refractivity contribution is -0.123. The van der Waals surface area contributed by atoms with Gasteiger partial charge in [0.2, 0.25) is 5.91 Å². The SMILES string of the molecule is CC1CCCC1NC(=O)[C@H](N)Cc1ccc(O)cc1. The number of phenolic OH excluding ortho intramolecular Hbond substituents is 1. The summed E-state index contributed by atoms with van der Waals surface area (Å²) in [4.78, 5) is 12.0. The standard InChI is InChI=1S/C15H22N2O2/c1-10-3-2-4-14(10)17-15(19)13(16)9-11-5-7-12(18)8-6-11/h5-8,10,13-14,18H,2-4,9,16H2,1H3,(H,17,19)/t10?,13-,14?/m1/s1. The molecule has 1 fully saturated rings. The number of amides is 1. The van der Waals surface area contributed by atoms with E-state index in [1.54, 1.807) is 24.3 Å². The van der Waals surface area contributed by atoms with Crippen molar-refractivity contribution in [1.82, 2.24) is 5.32 Å². The molecular formula is C15H22N2O2. The van der Waals surface area contributed by atoms with Crippen molar-refractivity contribution in [3.8, 4) is 5.75 Å². The molecule has 1 aliphatic rings. The monoisotopic (exact) mass is 262 g/mol. The second-order valence-electron chi connectivity index (χ2n) is 5.50. The lowest BCUT2D eigenvalue weighted by Crippen LogP contribution is -2.47. The molecule has 104 valence electrons. The number of aromatic hydroxyl groups is 1. The van der Waals surface area contributed by atoms with Gasteiger partial charge in [0.25, 0.3) is 0 Å². The van der Waals surface area contributed by atoms with E-state index >= 15 is 0 Å². The van der Waals surface area contributed by atoms with Crippen LogP contribution in [0.2, 0.25) is 0 Å². The van der Waals surface area contributed by atoms with Crippen molar-refractivity contribution in [2.45, 2.75) is 44.7 Å². The maximum Gasteiger partial charge on any atom is 0.237 e. The number of hydrogen-bond donors (Lipinski definition) is 3. The van der Waals surface area contributed by atoms with Gasteiger partial charge in [0.1, 0.15) is 5.75 Å². The fraction of sp³-hybridized carbons (Fsp3) is 0.533. The highest BCUT2D eigenvalue weighted by atomic mass is 16.3. The molecule has 2 unspecified atom stereocenters. The first-order valence-electron chi connectivity index (χ1n) is 6.90. The fourth-order valence-electron chi connectivity index (χ4n) is 2.63. The third-order valence-corrected chi connectivity index (χ3v) is 3.92. The second kappa shape index (κ2) is 6.06. The van der Waals surface area contributed by atoms with Crippen molar-refractivity contribution >= 4 is 5.91 Å². The molecular weight excluding hydrogens is 240 g/mol. The Balaban J connectivity index is 1.86. The molecule has 0 radical (unpaired) electrons. The van der Waals surface area contributed by atoms with Crippen LogP contribution in [0.25, 0.3) is 0 Å². The van der Waals surface area contributed by atoms with Gasteiger partial charge in [-0.25, -0.2) is 0 Å². The molecule has 4 nitrogen and oxygen atoms in total. The number of benzene rings is 1. The van der Waals surface area contributed by atoms with Gasteiger partial charge in [-0.15, -0.1) is 0 Å². The Labute approximate surface area is 114 Å². The highest BCUT2D eigenvalue weighted by Gasteiger charge is 2.26. The molecule has 1 amide bonds. The van der Waals surface area contributed by atoms with Gasteiger partial charge >= 0.3 is 0 Å². The van der Waals surface area contributed by atoms with Crippen molar-refractivity contribution < 1.29 is 9.90 Å². The summed E-state index contributed by atoms with van der Waals surface area (Å²) in [5.74, 6) is 0.693. The summed E-state index contributed by atoms with van der Waals surface area (Å²) < 4.78 is 0. The minimum atomic E-state index is -0.530. The van der Waals surface area contributed by atoms with Crippen LogP contribution in [0.3, 0.4) is 0 Å². The number of carbonyl (C=O) groups is 1. The Kier molecular flexibility index (Phi) is 4.43. The Morgan fingerprint density at radius 1 is 1.42 bits per heavy atom. The van der Waals surface area contributed by atoms with Gasteiger partial charge in [-0.05, 0) is 42.9 Å². The fourth-order valence-corrected chi connectivity index (χ4v) is 2.63. The number of nitrogens with one attached hydrogen (secondary N) is 1. The predicted octanol–water partition coefficient (Wildman–Crippen LogP) is 1.57. The van der Waals surface area contributed by atoms with E-state index in [1.165, 1.54) is 12.8 Å². The van der Waals surface area contributed by atoms with E-state index < -0.39 is 6.04 Å². The van der Waals surface area contributed by atoms with E-state index in [9.17, 15) is 9.90 Å². The van der Waals surface area contributed by atoms with Gasteiger partial charge in [0.15, 0.2) is 0 Å². The van der Waals surface area contributed by atoms with E-state index in [-0.39, 0.29) is 17.7 Å². The van der Waals surface area contributed by atoms with Crippen LogP contribution in [0, 0.1) is 5.92 Å². The van der Waals surface area contributed by atoms with Crippen LogP contribution < -0.4 is 11.1 Å². The second-order valence-corrected chi connectivity index (χ2v) is 5.50. The zero-order chi connectivity index (χ0) is 13.8. The molecule has 0 aliphatic heterocycles.